The minimum Gasteiger partial charge on any atom is -0.340 e. The lowest BCUT2D eigenvalue weighted by Gasteiger charge is -2.11. The molecule has 132 valence electrons. The number of amides is 2. The number of aryl methyl sites for hydroxylation is 1. The molecule has 0 spiro atoms. The standard InChI is InChI=1S/C16H16N8O2/c25-11-4-6-24-16(20-11)22-15(23-24)21-14(26)9-3-5-17-13-12(9)18-10(19-13)7-8-1-2-8/h3,5,8H,1-2,4,6-7H2,(H,17,18,19)(H2,20,21,22,23,25,26). The van der Waals surface area contributed by atoms with Crippen LogP contribution in [0.25, 0.3) is 11.2 Å². The number of fused-ring (bicyclic) bond motifs is 2. The van der Waals surface area contributed by atoms with E-state index < -0.39 is 0 Å². The molecule has 0 saturated heterocycles. The van der Waals surface area contributed by atoms with E-state index in [1.807, 2.05) is 0 Å². The minimum absolute atomic E-state index is 0.112. The topological polar surface area (TPSA) is 130 Å². The summed E-state index contributed by atoms with van der Waals surface area (Å²) in [6.07, 6.45) is 5.24. The van der Waals surface area contributed by atoms with Crippen LogP contribution in [0.4, 0.5) is 11.9 Å². The second-order valence-electron chi connectivity index (χ2n) is 6.62. The summed E-state index contributed by atoms with van der Waals surface area (Å²) in [4.78, 5) is 40.2. The van der Waals surface area contributed by atoms with Gasteiger partial charge in [0.2, 0.25) is 11.9 Å². The van der Waals surface area contributed by atoms with E-state index >= 15 is 0 Å². The van der Waals surface area contributed by atoms with Crippen molar-refractivity contribution in [2.45, 2.75) is 32.2 Å². The molecule has 3 aromatic rings. The first-order valence-corrected chi connectivity index (χ1v) is 8.55. The molecule has 0 atom stereocenters. The first-order chi connectivity index (χ1) is 12.7. The highest BCUT2D eigenvalue weighted by Crippen LogP contribution is 2.32. The Hall–Kier alpha value is -3.30. The average molecular weight is 352 g/mol. The van der Waals surface area contributed by atoms with Gasteiger partial charge in [-0.2, -0.15) is 4.98 Å². The minimum atomic E-state index is -0.353. The molecule has 2 amide bonds. The quantitative estimate of drug-likeness (QED) is 0.644. The molecule has 1 saturated carbocycles. The van der Waals surface area contributed by atoms with Crippen molar-refractivity contribution in [3.63, 3.8) is 0 Å². The van der Waals surface area contributed by atoms with Gasteiger partial charge in [0, 0.05) is 19.0 Å². The van der Waals surface area contributed by atoms with Gasteiger partial charge in [-0.1, -0.05) is 0 Å². The van der Waals surface area contributed by atoms with Crippen LogP contribution in [-0.2, 0) is 17.8 Å². The Balaban J connectivity index is 1.41. The average Bonchev–Trinajstić information content (AvgIpc) is 3.18. The van der Waals surface area contributed by atoms with E-state index in [-0.39, 0.29) is 17.8 Å². The van der Waals surface area contributed by atoms with Gasteiger partial charge in [-0.05, 0) is 24.8 Å². The molecule has 0 aromatic carbocycles. The van der Waals surface area contributed by atoms with Crippen LogP contribution in [0.3, 0.4) is 0 Å². The van der Waals surface area contributed by atoms with Gasteiger partial charge in [0.05, 0.1) is 17.6 Å². The molecule has 5 rings (SSSR count). The van der Waals surface area contributed by atoms with Gasteiger partial charge in [0.1, 0.15) is 5.82 Å². The summed E-state index contributed by atoms with van der Waals surface area (Å²) in [6.45, 7) is 0.439. The van der Waals surface area contributed by atoms with Gasteiger partial charge in [-0.15, -0.1) is 5.10 Å². The summed E-state index contributed by atoms with van der Waals surface area (Å²) >= 11 is 0. The number of imidazole rings is 1. The number of carbonyl (C=O) groups is 2. The number of hydrogen-bond donors (Lipinski definition) is 3. The molecule has 0 bridgehead atoms. The van der Waals surface area contributed by atoms with Crippen LogP contribution in [0.15, 0.2) is 12.3 Å². The number of carbonyl (C=O) groups excluding carboxylic acids is 2. The SMILES string of the molecule is O=C1CCn2nc(NC(=O)c3ccnc4nc(CC5CC5)[nH]c34)nc2N1. The van der Waals surface area contributed by atoms with Gasteiger partial charge >= 0.3 is 0 Å². The van der Waals surface area contributed by atoms with Gasteiger partial charge < -0.3 is 4.98 Å². The van der Waals surface area contributed by atoms with Crippen molar-refractivity contribution < 1.29 is 9.59 Å². The number of aromatic amines is 1. The highest BCUT2D eigenvalue weighted by atomic mass is 16.2. The number of hydrogen-bond acceptors (Lipinski definition) is 6. The van der Waals surface area contributed by atoms with Gasteiger partial charge in [-0.25, -0.2) is 14.6 Å². The van der Waals surface area contributed by atoms with E-state index in [1.165, 1.54) is 12.8 Å². The van der Waals surface area contributed by atoms with Crippen LogP contribution < -0.4 is 10.6 Å². The fourth-order valence-electron chi connectivity index (χ4n) is 3.05. The summed E-state index contributed by atoms with van der Waals surface area (Å²) < 4.78 is 1.56. The molecule has 3 N–H and O–H groups in total. The second kappa shape index (κ2) is 5.61. The third kappa shape index (κ3) is 2.68. The van der Waals surface area contributed by atoms with Crippen molar-refractivity contribution in [1.29, 1.82) is 0 Å². The zero-order valence-corrected chi connectivity index (χ0v) is 13.8. The lowest BCUT2D eigenvalue weighted by molar-refractivity contribution is -0.117. The molecule has 10 nitrogen and oxygen atoms in total. The largest absolute Gasteiger partial charge is 0.340 e. The third-order valence-electron chi connectivity index (χ3n) is 4.56. The molecule has 26 heavy (non-hydrogen) atoms. The number of rotatable bonds is 4. The van der Waals surface area contributed by atoms with Crippen LogP contribution in [0.2, 0.25) is 0 Å². The predicted octanol–water partition coefficient (Wildman–Crippen LogP) is 1.10. The fourth-order valence-corrected chi connectivity index (χ4v) is 3.05. The number of nitrogens with zero attached hydrogens (tertiary/aromatic N) is 5. The molecule has 1 fully saturated rings. The number of nitrogens with one attached hydrogen (secondary N) is 3. The summed E-state index contributed by atoms with van der Waals surface area (Å²) in [5.41, 5.74) is 1.57. The Labute approximate surface area is 147 Å². The zero-order chi connectivity index (χ0) is 17.7. The van der Waals surface area contributed by atoms with Crippen molar-refractivity contribution >= 4 is 34.9 Å². The lowest BCUT2D eigenvalue weighted by Crippen LogP contribution is -2.23. The lowest BCUT2D eigenvalue weighted by atomic mass is 10.2. The summed E-state index contributed by atoms with van der Waals surface area (Å²) in [7, 11) is 0. The maximum atomic E-state index is 12.7. The van der Waals surface area contributed by atoms with E-state index in [9.17, 15) is 9.59 Å². The molecule has 1 aliphatic carbocycles. The van der Waals surface area contributed by atoms with Crippen molar-refractivity contribution in [2.75, 3.05) is 10.6 Å². The highest BCUT2D eigenvalue weighted by Gasteiger charge is 2.24. The van der Waals surface area contributed by atoms with E-state index in [2.05, 4.69) is 35.7 Å². The summed E-state index contributed by atoms with van der Waals surface area (Å²) in [6, 6.07) is 1.63. The van der Waals surface area contributed by atoms with Crippen LogP contribution in [0.5, 0.6) is 0 Å². The Morgan fingerprint density at radius 2 is 2.23 bits per heavy atom. The van der Waals surface area contributed by atoms with Gasteiger partial charge in [0.15, 0.2) is 5.65 Å². The van der Waals surface area contributed by atoms with E-state index in [0.29, 0.717) is 41.6 Å². The maximum Gasteiger partial charge on any atom is 0.260 e. The van der Waals surface area contributed by atoms with Crippen LogP contribution in [0.1, 0.15) is 35.4 Å². The van der Waals surface area contributed by atoms with E-state index in [0.717, 1.165) is 12.2 Å². The van der Waals surface area contributed by atoms with E-state index in [4.69, 9.17) is 0 Å². The second-order valence-corrected chi connectivity index (χ2v) is 6.62. The molecular formula is C16H16N8O2. The molecule has 0 radical (unpaired) electrons. The van der Waals surface area contributed by atoms with Crippen molar-refractivity contribution in [1.82, 2.24) is 29.7 Å². The fraction of sp³-hybridized carbons (Fsp3) is 0.375. The molecule has 4 heterocycles. The number of H-pyrrole nitrogens is 1. The predicted molar refractivity (Wildman–Crippen MR) is 91.5 cm³/mol. The molecule has 3 aromatic heterocycles. The van der Waals surface area contributed by atoms with Crippen molar-refractivity contribution in [3.05, 3.63) is 23.7 Å². The Bertz CT molecular complexity index is 1030. The van der Waals surface area contributed by atoms with Crippen LogP contribution in [0, 0.1) is 5.92 Å². The summed E-state index contributed by atoms with van der Waals surface area (Å²) in [5, 5.41) is 9.50. The van der Waals surface area contributed by atoms with Crippen molar-refractivity contribution in [2.24, 2.45) is 5.92 Å². The Kier molecular flexibility index (Phi) is 3.24. The number of pyridine rings is 1. The van der Waals surface area contributed by atoms with Gasteiger partial charge in [0.25, 0.3) is 11.9 Å². The maximum absolute atomic E-state index is 12.7. The first kappa shape index (κ1) is 15.0. The molecule has 10 heteroatoms. The Morgan fingerprint density at radius 1 is 1.35 bits per heavy atom. The highest BCUT2D eigenvalue weighted by molar-refractivity contribution is 6.10. The third-order valence-corrected chi connectivity index (χ3v) is 4.56. The monoisotopic (exact) mass is 352 g/mol. The zero-order valence-electron chi connectivity index (χ0n) is 13.8. The smallest absolute Gasteiger partial charge is 0.260 e. The van der Waals surface area contributed by atoms with E-state index in [1.54, 1.807) is 16.9 Å². The van der Waals surface area contributed by atoms with Gasteiger partial charge in [-0.3, -0.25) is 20.2 Å². The normalized spacial score (nSPS) is 16.4. The van der Waals surface area contributed by atoms with Crippen LogP contribution >= 0.6 is 0 Å². The number of aromatic nitrogens is 6. The number of anilines is 2. The summed E-state index contributed by atoms with van der Waals surface area (Å²) in [5.74, 6) is 1.56. The van der Waals surface area contributed by atoms with Crippen molar-refractivity contribution in [3.8, 4) is 0 Å². The molecule has 1 aliphatic heterocycles. The Morgan fingerprint density at radius 3 is 3.08 bits per heavy atom. The molecule has 2 aliphatic rings. The first-order valence-electron chi connectivity index (χ1n) is 8.55. The molecule has 0 unspecified atom stereocenters. The van der Waals surface area contributed by atoms with Crippen LogP contribution in [-0.4, -0.2) is 41.5 Å². The molecular weight excluding hydrogens is 336 g/mol.